The number of aromatic nitrogens is 1. The van der Waals surface area contributed by atoms with E-state index >= 15 is 0 Å². The van der Waals surface area contributed by atoms with Gasteiger partial charge in [-0.3, -0.25) is 10.1 Å². The first-order valence-electron chi connectivity index (χ1n) is 7.65. The van der Waals surface area contributed by atoms with E-state index in [1.165, 1.54) is 29.5 Å². The zero-order valence-electron chi connectivity index (χ0n) is 13.5. The molecule has 0 aliphatic heterocycles. The molecule has 0 N–H and O–H groups in total. The van der Waals surface area contributed by atoms with Crippen molar-refractivity contribution in [2.24, 2.45) is 0 Å². The molecule has 0 amide bonds. The Morgan fingerprint density at radius 1 is 1.12 bits per heavy atom. The van der Waals surface area contributed by atoms with Crippen LogP contribution in [0.5, 0.6) is 5.75 Å². The van der Waals surface area contributed by atoms with Crippen molar-refractivity contribution < 1.29 is 19.2 Å². The summed E-state index contributed by atoms with van der Waals surface area (Å²) >= 11 is 1.46. The van der Waals surface area contributed by atoms with Gasteiger partial charge in [0.05, 0.1) is 10.6 Å². The summed E-state index contributed by atoms with van der Waals surface area (Å²) in [4.78, 5) is 26.6. The molecule has 0 atom stereocenters. The summed E-state index contributed by atoms with van der Waals surface area (Å²) < 4.78 is 10.3. The van der Waals surface area contributed by atoms with Crippen LogP contribution in [0.1, 0.15) is 5.69 Å². The minimum Gasteiger partial charge on any atom is -0.475 e. The van der Waals surface area contributed by atoms with Crippen LogP contribution in [-0.4, -0.2) is 22.5 Å². The number of carbonyl (C=O) groups is 1. The third kappa shape index (κ3) is 4.42. The van der Waals surface area contributed by atoms with Crippen molar-refractivity contribution in [1.29, 1.82) is 0 Å². The highest BCUT2D eigenvalue weighted by molar-refractivity contribution is 7.13. The number of esters is 1. The molecule has 7 nitrogen and oxygen atoms in total. The van der Waals surface area contributed by atoms with Gasteiger partial charge >= 0.3 is 11.7 Å². The number of nitro groups is 1. The van der Waals surface area contributed by atoms with E-state index in [0.717, 1.165) is 10.6 Å². The van der Waals surface area contributed by atoms with E-state index in [-0.39, 0.29) is 18.0 Å². The summed E-state index contributed by atoms with van der Waals surface area (Å²) in [6, 6.07) is 15.5. The average molecular weight is 370 g/mol. The Labute approximate surface area is 153 Å². The minimum absolute atomic E-state index is 0.0163. The standard InChI is InChI=1S/C18H14N2O5S/c21-17(11-24-16-9-5-4-8-15(16)20(22)23)25-10-14-12-26-18(19-14)13-6-2-1-3-7-13/h1-9,12H,10-11H2. The highest BCUT2D eigenvalue weighted by Gasteiger charge is 2.15. The quantitative estimate of drug-likeness (QED) is 0.356. The summed E-state index contributed by atoms with van der Waals surface area (Å²) in [6.07, 6.45) is 0. The van der Waals surface area contributed by atoms with Crippen molar-refractivity contribution in [3.05, 3.63) is 75.8 Å². The normalized spacial score (nSPS) is 10.3. The van der Waals surface area contributed by atoms with Gasteiger partial charge in [0.25, 0.3) is 0 Å². The molecule has 26 heavy (non-hydrogen) atoms. The fourth-order valence-electron chi connectivity index (χ4n) is 2.15. The molecule has 2 aromatic carbocycles. The maximum absolute atomic E-state index is 11.8. The van der Waals surface area contributed by atoms with Gasteiger partial charge in [-0.2, -0.15) is 0 Å². The molecule has 132 valence electrons. The van der Waals surface area contributed by atoms with Crippen molar-refractivity contribution in [2.75, 3.05) is 6.61 Å². The first kappa shape index (κ1) is 17.6. The van der Waals surface area contributed by atoms with Gasteiger partial charge < -0.3 is 9.47 Å². The van der Waals surface area contributed by atoms with Gasteiger partial charge in [-0.25, -0.2) is 9.78 Å². The predicted octanol–water partition coefficient (Wildman–Crippen LogP) is 3.84. The van der Waals surface area contributed by atoms with Gasteiger partial charge in [0, 0.05) is 17.0 Å². The van der Waals surface area contributed by atoms with Crippen molar-refractivity contribution in [3.63, 3.8) is 0 Å². The van der Waals surface area contributed by atoms with Crippen LogP contribution in [0.2, 0.25) is 0 Å². The van der Waals surface area contributed by atoms with Crippen LogP contribution >= 0.6 is 11.3 Å². The van der Waals surface area contributed by atoms with Crippen molar-refractivity contribution in [3.8, 4) is 16.3 Å². The topological polar surface area (TPSA) is 91.6 Å². The summed E-state index contributed by atoms with van der Waals surface area (Å²) in [6.45, 7) is -0.400. The van der Waals surface area contributed by atoms with Crippen molar-refractivity contribution in [2.45, 2.75) is 6.61 Å². The molecular formula is C18H14N2O5S. The molecule has 0 spiro atoms. The maximum Gasteiger partial charge on any atom is 0.344 e. The zero-order valence-corrected chi connectivity index (χ0v) is 14.3. The second-order valence-corrected chi connectivity index (χ2v) is 6.04. The van der Waals surface area contributed by atoms with Gasteiger partial charge in [0.1, 0.15) is 11.6 Å². The Hall–Kier alpha value is -3.26. The first-order valence-corrected chi connectivity index (χ1v) is 8.53. The number of benzene rings is 2. The van der Waals surface area contributed by atoms with E-state index in [1.54, 1.807) is 6.07 Å². The molecule has 1 aromatic heterocycles. The fraction of sp³-hybridized carbons (Fsp3) is 0.111. The third-order valence-corrected chi connectivity index (χ3v) is 4.30. The Kier molecular flexibility index (Phi) is 5.55. The monoisotopic (exact) mass is 370 g/mol. The summed E-state index contributed by atoms with van der Waals surface area (Å²) in [7, 11) is 0. The number of thiazole rings is 1. The third-order valence-electron chi connectivity index (χ3n) is 3.36. The van der Waals surface area contributed by atoms with Gasteiger partial charge in [-0.1, -0.05) is 42.5 Å². The lowest BCUT2D eigenvalue weighted by Gasteiger charge is -2.06. The predicted molar refractivity (Wildman–Crippen MR) is 95.9 cm³/mol. The molecular weight excluding hydrogens is 356 g/mol. The molecule has 0 aliphatic carbocycles. The number of hydrogen-bond donors (Lipinski definition) is 0. The van der Waals surface area contributed by atoms with Crippen molar-refractivity contribution in [1.82, 2.24) is 4.98 Å². The van der Waals surface area contributed by atoms with E-state index in [2.05, 4.69) is 4.98 Å². The molecule has 3 aromatic rings. The van der Waals surface area contributed by atoms with Gasteiger partial charge in [-0.15, -0.1) is 11.3 Å². The second kappa shape index (κ2) is 8.21. The van der Waals surface area contributed by atoms with Crippen LogP contribution in [0.3, 0.4) is 0 Å². The lowest BCUT2D eigenvalue weighted by atomic mass is 10.2. The number of para-hydroxylation sites is 2. The number of nitro benzene ring substituents is 1. The average Bonchev–Trinajstić information content (AvgIpc) is 3.14. The largest absolute Gasteiger partial charge is 0.475 e. The Morgan fingerprint density at radius 3 is 2.62 bits per heavy atom. The second-order valence-electron chi connectivity index (χ2n) is 5.18. The highest BCUT2D eigenvalue weighted by atomic mass is 32.1. The lowest BCUT2D eigenvalue weighted by molar-refractivity contribution is -0.385. The number of rotatable bonds is 7. The van der Waals surface area contributed by atoms with E-state index in [1.807, 2.05) is 35.7 Å². The summed E-state index contributed by atoms with van der Waals surface area (Å²) in [5.74, 6) is -0.605. The van der Waals surface area contributed by atoms with E-state index in [0.29, 0.717) is 5.69 Å². The highest BCUT2D eigenvalue weighted by Crippen LogP contribution is 2.26. The Bertz CT molecular complexity index is 911. The van der Waals surface area contributed by atoms with Crippen LogP contribution in [0.15, 0.2) is 60.0 Å². The molecule has 0 saturated carbocycles. The van der Waals surface area contributed by atoms with Crippen molar-refractivity contribution >= 4 is 23.0 Å². The Balaban J connectivity index is 1.52. The van der Waals surface area contributed by atoms with E-state index < -0.39 is 17.5 Å². The molecule has 0 fully saturated rings. The van der Waals surface area contributed by atoms with Crippen LogP contribution in [0.4, 0.5) is 5.69 Å². The molecule has 8 heteroatoms. The van der Waals surface area contributed by atoms with E-state index in [4.69, 9.17) is 9.47 Å². The minimum atomic E-state index is -0.627. The van der Waals surface area contributed by atoms with Gasteiger partial charge in [0.15, 0.2) is 12.4 Å². The molecule has 3 rings (SSSR count). The number of ether oxygens (including phenoxy) is 2. The molecule has 0 aliphatic rings. The lowest BCUT2D eigenvalue weighted by Crippen LogP contribution is -2.15. The zero-order chi connectivity index (χ0) is 18.4. The number of nitrogens with zero attached hydrogens (tertiary/aromatic N) is 2. The summed E-state index contributed by atoms with van der Waals surface area (Å²) in [5.41, 5.74) is 1.43. The van der Waals surface area contributed by atoms with Gasteiger partial charge in [0.2, 0.25) is 0 Å². The van der Waals surface area contributed by atoms with Crippen LogP contribution < -0.4 is 4.74 Å². The smallest absolute Gasteiger partial charge is 0.344 e. The van der Waals surface area contributed by atoms with Crippen LogP contribution in [0.25, 0.3) is 10.6 Å². The molecule has 1 heterocycles. The molecule has 0 saturated heterocycles. The van der Waals surface area contributed by atoms with Crippen LogP contribution in [0, 0.1) is 10.1 Å². The summed E-state index contributed by atoms with van der Waals surface area (Å²) in [5, 5.41) is 13.6. The van der Waals surface area contributed by atoms with E-state index in [9.17, 15) is 14.9 Å². The number of carbonyl (C=O) groups excluding carboxylic acids is 1. The SMILES string of the molecule is O=C(COc1ccccc1[N+](=O)[O-])OCc1csc(-c2ccccc2)n1. The van der Waals surface area contributed by atoms with Gasteiger partial charge in [-0.05, 0) is 6.07 Å². The number of hydrogen-bond acceptors (Lipinski definition) is 7. The van der Waals surface area contributed by atoms with Crippen LogP contribution in [-0.2, 0) is 16.1 Å². The first-order chi connectivity index (χ1) is 12.6. The Morgan fingerprint density at radius 2 is 1.85 bits per heavy atom. The molecule has 0 bridgehead atoms. The molecule has 0 radical (unpaired) electrons. The maximum atomic E-state index is 11.8. The fourth-order valence-corrected chi connectivity index (χ4v) is 2.96. The molecule has 0 unspecified atom stereocenters.